The summed E-state index contributed by atoms with van der Waals surface area (Å²) < 4.78 is 27.3. The number of carbonyl (C=O) groups excluding carboxylic acids is 1. The second kappa shape index (κ2) is 6.52. The van der Waals surface area contributed by atoms with Crippen molar-refractivity contribution in [1.29, 1.82) is 0 Å². The van der Waals surface area contributed by atoms with Crippen LogP contribution in [0.5, 0.6) is 0 Å². The Kier molecular flexibility index (Phi) is 7.28. The van der Waals surface area contributed by atoms with Crippen LogP contribution in [-0.4, -0.2) is 42.1 Å². The van der Waals surface area contributed by atoms with Gasteiger partial charge in [-0.2, -0.15) is 8.42 Å². The van der Waals surface area contributed by atoms with Gasteiger partial charge < -0.3 is 10.8 Å². The quantitative estimate of drug-likeness (QED) is 0.383. The highest BCUT2D eigenvalue weighted by Gasteiger charge is 1.99. The lowest BCUT2D eigenvalue weighted by molar-refractivity contribution is -0.148. The Morgan fingerprint density at radius 3 is 1.69 bits per heavy atom. The first-order chi connectivity index (χ1) is 5.70. The molecule has 0 aliphatic carbocycles. The molecule has 0 unspecified atom stereocenters. The molecule has 78 valence electrons. The maximum atomic E-state index is 9.71. The summed E-state index contributed by atoms with van der Waals surface area (Å²) in [6.45, 7) is 0.973. The van der Waals surface area contributed by atoms with Gasteiger partial charge in [0.1, 0.15) is 0 Å². The lowest BCUT2D eigenvalue weighted by Gasteiger charge is -1.86. The second-order valence-electron chi connectivity index (χ2n) is 1.94. The Labute approximate surface area is 75.3 Å². The van der Waals surface area contributed by atoms with Crippen LogP contribution in [0.1, 0.15) is 6.92 Å². The molecule has 8 heteroatoms. The van der Waals surface area contributed by atoms with Gasteiger partial charge in [-0.25, -0.2) is 4.79 Å². The molecule has 0 amide bonds. The Bertz CT molecular complexity index is 257. The number of aliphatic carboxylic acids is 1. The van der Waals surface area contributed by atoms with E-state index in [2.05, 4.69) is 0 Å². The van der Waals surface area contributed by atoms with Crippen molar-refractivity contribution in [3.05, 3.63) is 0 Å². The predicted octanol–water partition coefficient (Wildman–Crippen LogP) is -1.51. The van der Waals surface area contributed by atoms with E-state index in [0.717, 1.165) is 6.92 Å². The summed E-state index contributed by atoms with van der Waals surface area (Å²) in [5.41, 5.74) is 4.78. The monoisotopic (exact) mass is 213 g/mol. The molecule has 0 saturated carbocycles. The van der Waals surface area contributed by atoms with E-state index in [1.165, 1.54) is 0 Å². The molecule has 13 heavy (non-hydrogen) atoms. The van der Waals surface area contributed by atoms with Crippen molar-refractivity contribution in [3.63, 3.8) is 0 Å². The van der Waals surface area contributed by atoms with Crippen molar-refractivity contribution in [3.8, 4) is 0 Å². The minimum Gasteiger partial charge on any atom is -0.476 e. The zero-order valence-electron chi connectivity index (χ0n) is 6.93. The Hall–Kier alpha value is -0.990. The van der Waals surface area contributed by atoms with E-state index in [1.807, 2.05) is 0 Å². The summed E-state index contributed by atoms with van der Waals surface area (Å²) in [5, 5.41) is 7.64. The van der Waals surface area contributed by atoms with Crippen LogP contribution in [0, 0.1) is 0 Å². The molecular weight excluding hydrogens is 202 g/mol. The van der Waals surface area contributed by atoms with Gasteiger partial charge in [-0.3, -0.25) is 9.35 Å². The maximum Gasteiger partial charge on any atom is 0.371 e. The van der Waals surface area contributed by atoms with Gasteiger partial charge in [-0.15, -0.1) is 0 Å². The maximum absolute atomic E-state index is 9.71. The molecule has 0 aromatic rings. The zero-order valence-corrected chi connectivity index (χ0v) is 7.74. The number of hydrogen-bond donors (Lipinski definition) is 3. The zero-order chi connectivity index (χ0) is 11.1. The number of Topliss-reactive ketones (excluding diaryl/α,β-unsaturated/α-hetero) is 1. The van der Waals surface area contributed by atoms with Crippen molar-refractivity contribution in [2.24, 2.45) is 5.73 Å². The predicted molar refractivity (Wildman–Crippen MR) is 43.8 cm³/mol. The van der Waals surface area contributed by atoms with E-state index < -0.39 is 21.9 Å². The SMILES string of the molecule is CC(=O)C(=O)O.NCCS(=O)(=O)O. The largest absolute Gasteiger partial charge is 0.476 e. The third-order valence-electron chi connectivity index (χ3n) is 0.677. The fourth-order valence-corrected chi connectivity index (χ4v) is 0.447. The van der Waals surface area contributed by atoms with Crippen LogP contribution in [0.25, 0.3) is 0 Å². The number of hydrogen-bond acceptors (Lipinski definition) is 5. The summed E-state index contributed by atoms with van der Waals surface area (Å²) in [5.74, 6) is -2.56. The van der Waals surface area contributed by atoms with Gasteiger partial charge in [0, 0.05) is 13.5 Å². The van der Waals surface area contributed by atoms with Gasteiger partial charge >= 0.3 is 5.97 Å². The minimum atomic E-state index is -3.80. The van der Waals surface area contributed by atoms with Crippen LogP contribution in [0.3, 0.4) is 0 Å². The smallest absolute Gasteiger partial charge is 0.371 e. The van der Waals surface area contributed by atoms with Gasteiger partial charge in [-0.1, -0.05) is 0 Å². The van der Waals surface area contributed by atoms with E-state index in [0.29, 0.717) is 0 Å². The standard InChI is InChI=1S/C3H4O3.C2H7NO3S/c1-2(4)3(5)6;3-1-2-7(4,5)6/h1H3,(H,5,6);1-3H2,(H,4,5,6). The first kappa shape index (κ1) is 14.5. The summed E-state index contributed by atoms with van der Waals surface area (Å²) >= 11 is 0. The van der Waals surface area contributed by atoms with Crippen molar-refractivity contribution >= 4 is 21.9 Å². The average Bonchev–Trinajstić information content (AvgIpc) is 1.85. The van der Waals surface area contributed by atoms with Gasteiger partial charge in [0.2, 0.25) is 5.78 Å². The minimum absolute atomic E-state index is 0.0289. The fourth-order valence-electron chi connectivity index (χ4n) is 0.149. The molecule has 0 aromatic heterocycles. The van der Waals surface area contributed by atoms with E-state index >= 15 is 0 Å². The molecule has 0 atom stereocenters. The number of carbonyl (C=O) groups is 2. The molecule has 7 nitrogen and oxygen atoms in total. The molecule has 0 bridgehead atoms. The van der Waals surface area contributed by atoms with Crippen molar-refractivity contribution in [1.82, 2.24) is 0 Å². The van der Waals surface area contributed by atoms with Gasteiger partial charge in [0.25, 0.3) is 10.1 Å². The van der Waals surface area contributed by atoms with Crippen molar-refractivity contribution < 1.29 is 27.7 Å². The first-order valence-corrected chi connectivity index (χ1v) is 4.70. The van der Waals surface area contributed by atoms with Gasteiger partial charge in [-0.05, 0) is 0 Å². The Morgan fingerprint density at radius 2 is 1.69 bits per heavy atom. The van der Waals surface area contributed by atoms with E-state index in [1.54, 1.807) is 0 Å². The molecule has 4 N–H and O–H groups in total. The summed E-state index contributed by atoms with van der Waals surface area (Å²) in [4.78, 5) is 18.9. The number of carboxylic acids is 1. The van der Waals surface area contributed by atoms with Gasteiger partial charge in [0.05, 0.1) is 5.75 Å². The van der Waals surface area contributed by atoms with E-state index in [4.69, 9.17) is 15.4 Å². The molecule has 0 saturated heterocycles. The third kappa shape index (κ3) is 18.2. The Balaban J connectivity index is 0. The molecule has 0 aromatic carbocycles. The summed E-state index contributed by atoms with van der Waals surface area (Å²) in [6, 6.07) is 0. The van der Waals surface area contributed by atoms with Crippen LogP contribution in [0.15, 0.2) is 0 Å². The van der Waals surface area contributed by atoms with Crippen LogP contribution in [0.2, 0.25) is 0 Å². The summed E-state index contributed by atoms with van der Waals surface area (Å²) in [6.07, 6.45) is 0. The van der Waals surface area contributed by atoms with Crippen LogP contribution < -0.4 is 5.73 Å². The number of rotatable bonds is 3. The highest BCUT2D eigenvalue weighted by atomic mass is 32.2. The van der Waals surface area contributed by atoms with Crippen LogP contribution >= 0.6 is 0 Å². The lowest BCUT2D eigenvalue weighted by Crippen LogP contribution is -2.13. The number of ketones is 1. The molecule has 0 aliphatic rings. The lowest BCUT2D eigenvalue weighted by atomic mass is 10.5. The molecule has 0 rings (SSSR count). The fraction of sp³-hybridized carbons (Fsp3) is 0.600. The molecule has 0 spiro atoms. The average molecular weight is 213 g/mol. The van der Waals surface area contributed by atoms with Crippen molar-refractivity contribution in [2.45, 2.75) is 6.92 Å². The van der Waals surface area contributed by atoms with Crippen LogP contribution in [-0.2, 0) is 19.7 Å². The van der Waals surface area contributed by atoms with Gasteiger partial charge in [0.15, 0.2) is 0 Å². The highest BCUT2D eigenvalue weighted by Crippen LogP contribution is 1.74. The van der Waals surface area contributed by atoms with E-state index in [9.17, 15) is 18.0 Å². The third-order valence-corrected chi connectivity index (χ3v) is 1.43. The van der Waals surface area contributed by atoms with E-state index in [-0.39, 0.29) is 12.3 Å². The molecule has 0 fully saturated rings. The second-order valence-corrected chi connectivity index (χ2v) is 3.51. The summed E-state index contributed by atoms with van der Waals surface area (Å²) in [7, 11) is -3.80. The topological polar surface area (TPSA) is 135 Å². The normalized spacial score (nSPS) is 9.77. The first-order valence-electron chi connectivity index (χ1n) is 3.09. The van der Waals surface area contributed by atoms with Crippen molar-refractivity contribution in [2.75, 3.05) is 12.3 Å². The molecule has 0 radical (unpaired) electrons. The molecule has 0 aliphatic heterocycles. The number of carboxylic acid groups (broad SMARTS) is 1. The molecular formula is C5H11NO6S. The highest BCUT2D eigenvalue weighted by molar-refractivity contribution is 7.85. The molecule has 0 heterocycles. The Morgan fingerprint density at radius 1 is 1.38 bits per heavy atom. The van der Waals surface area contributed by atoms with Crippen LogP contribution in [0.4, 0.5) is 0 Å². The number of nitrogens with two attached hydrogens (primary N) is 1.